The van der Waals surface area contributed by atoms with Gasteiger partial charge < -0.3 is 14.2 Å². The molecule has 1 heterocycles. The molecular formula is C29H31F3N2O4. The summed E-state index contributed by atoms with van der Waals surface area (Å²) in [5.41, 5.74) is 3.43. The molecule has 6 nitrogen and oxygen atoms in total. The molecule has 1 aliphatic heterocycles. The number of halogens is 3. The van der Waals surface area contributed by atoms with Gasteiger partial charge in [0.05, 0.1) is 26.9 Å². The third-order valence-electron chi connectivity index (χ3n) is 6.80. The van der Waals surface area contributed by atoms with Crippen LogP contribution in [0.5, 0.6) is 11.5 Å². The summed E-state index contributed by atoms with van der Waals surface area (Å²) in [5, 5.41) is 1.36. The van der Waals surface area contributed by atoms with Crippen LogP contribution in [0.4, 0.5) is 13.2 Å². The fourth-order valence-electron chi connectivity index (χ4n) is 4.81. The summed E-state index contributed by atoms with van der Waals surface area (Å²) in [6.45, 7) is 0.379. The summed E-state index contributed by atoms with van der Waals surface area (Å²) in [4.78, 5) is 11.7. The zero-order valence-corrected chi connectivity index (χ0v) is 21.3. The second kappa shape index (κ2) is 11.9. The van der Waals surface area contributed by atoms with Gasteiger partial charge in [0.2, 0.25) is 0 Å². The van der Waals surface area contributed by atoms with Gasteiger partial charge in [-0.25, -0.2) is 5.01 Å². The molecule has 4 rings (SSSR count). The number of nitrogens with zero attached hydrogens (tertiary/aromatic N) is 1. The third kappa shape index (κ3) is 5.95. The van der Waals surface area contributed by atoms with E-state index in [-0.39, 0.29) is 6.61 Å². The van der Waals surface area contributed by atoms with Crippen molar-refractivity contribution in [3.05, 3.63) is 95.6 Å². The molecule has 1 unspecified atom stereocenters. The highest BCUT2D eigenvalue weighted by Crippen LogP contribution is 2.42. The van der Waals surface area contributed by atoms with Crippen molar-refractivity contribution in [1.29, 1.82) is 0 Å². The molecule has 202 valence electrons. The minimum Gasteiger partial charge on any atom is -0.497 e. The molecule has 1 N–H and O–H groups in total. The van der Waals surface area contributed by atoms with Crippen LogP contribution in [0.2, 0.25) is 0 Å². The lowest BCUT2D eigenvalue weighted by molar-refractivity contribution is -0.181. The van der Waals surface area contributed by atoms with Crippen molar-refractivity contribution in [3.8, 4) is 11.5 Å². The Hall–Kier alpha value is -3.56. The lowest BCUT2D eigenvalue weighted by Crippen LogP contribution is -2.56. The number of carbonyl (C=O) groups excluding carboxylic acids is 1. The smallest absolute Gasteiger partial charge is 0.472 e. The van der Waals surface area contributed by atoms with Crippen LogP contribution in [-0.2, 0) is 15.1 Å². The average molecular weight is 529 g/mol. The molecular weight excluding hydrogens is 497 g/mol. The van der Waals surface area contributed by atoms with E-state index in [1.54, 1.807) is 14.2 Å². The van der Waals surface area contributed by atoms with Crippen molar-refractivity contribution in [3.63, 3.8) is 0 Å². The number of methoxy groups -OCH3 is 2. The van der Waals surface area contributed by atoms with Gasteiger partial charge in [-0.2, -0.15) is 13.2 Å². The van der Waals surface area contributed by atoms with Crippen molar-refractivity contribution in [2.75, 3.05) is 27.4 Å². The van der Waals surface area contributed by atoms with Crippen LogP contribution in [0.1, 0.15) is 36.0 Å². The lowest BCUT2D eigenvalue weighted by atomic mass is 9.80. The summed E-state index contributed by atoms with van der Waals surface area (Å²) in [5.74, 6) is -0.624. The summed E-state index contributed by atoms with van der Waals surface area (Å²) in [6.07, 6.45) is -2.90. The third-order valence-corrected chi connectivity index (χ3v) is 6.80. The van der Waals surface area contributed by atoms with Gasteiger partial charge in [-0.3, -0.25) is 10.2 Å². The second-order valence-electron chi connectivity index (χ2n) is 9.10. The van der Waals surface area contributed by atoms with E-state index >= 15 is 0 Å². The van der Waals surface area contributed by atoms with Gasteiger partial charge >= 0.3 is 12.1 Å². The highest BCUT2D eigenvalue weighted by atomic mass is 19.4. The molecule has 9 heteroatoms. The molecule has 0 radical (unpaired) electrons. The van der Waals surface area contributed by atoms with Crippen LogP contribution in [0.25, 0.3) is 0 Å². The number of ether oxygens (including phenoxy) is 3. The van der Waals surface area contributed by atoms with Gasteiger partial charge in [0, 0.05) is 6.54 Å². The van der Waals surface area contributed by atoms with E-state index in [0.717, 1.165) is 23.1 Å². The SMILES string of the molecule is COc1ccc(C(OCC2CCCCN2NC(=O)C(F)(F)F)(c2ccccc2)c2ccc(OC)cc2)cc1. The van der Waals surface area contributed by atoms with E-state index in [1.807, 2.05) is 78.9 Å². The molecule has 0 bridgehead atoms. The quantitative estimate of drug-likeness (QED) is 0.374. The Morgan fingerprint density at radius 2 is 1.37 bits per heavy atom. The molecule has 1 aliphatic rings. The van der Waals surface area contributed by atoms with Gasteiger partial charge in [0.1, 0.15) is 17.1 Å². The number of nitrogens with one attached hydrogen (secondary N) is 1. The standard InChI is InChI=1S/C29H31F3N2O4/c1-36-25-15-11-22(12-16-25)28(21-8-4-3-5-9-21,23-13-17-26(37-2)18-14-23)38-20-24-10-6-7-19-34(24)33-27(35)29(30,31)32/h3-5,8-9,11-18,24H,6-7,10,19-20H2,1-2H3,(H,33,35). The normalized spacial score (nSPS) is 16.6. The number of piperidine rings is 1. The molecule has 38 heavy (non-hydrogen) atoms. The van der Waals surface area contributed by atoms with Crippen LogP contribution in [-0.4, -0.2) is 50.5 Å². The van der Waals surface area contributed by atoms with Crippen LogP contribution in [0.3, 0.4) is 0 Å². The first-order chi connectivity index (χ1) is 18.3. The molecule has 0 saturated carbocycles. The van der Waals surface area contributed by atoms with E-state index in [9.17, 15) is 18.0 Å². The van der Waals surface area contributed by atoms with E-state index in [4.69, 9.17) is 14.2 Å². The molecule has 0 aliphatic carbocycles. The Balaban J connectivity index is 1.76. The van der Waals surface area contributed by atoms with Crippen LogP contribution in [0, 0.1) is 0 Å². The van der Waals surface area contributed by atoms with Gasteiger partial charge in [0.15, 0.2) is 0 Å². The largest absolute Gasteiger partial charge is 0.497 e. The van der Waals surface area contributed by atoms with Crippen molar-refractivity contribution >= 4 is 5.91 Å². The van der Waals surface area contributed by atoms with Crippen LogP contribution >= 0.6 is 0 Å². The zero-order valence-electron chi connectivity index (χ0n) is 21.3. The van der Waals surface area contributed by atoms with E-state index < -0.39 is 23.7 Å². The molecule has 0 aromatic heterocycles. The van der Waals surface area contributed by atoms with E-state index in [0.29, 0.717) is 30.9 Å². The number of hydrogen-bond donors (Lipinski definition) is 1. The summed E-state index contributed by atoms with van der Waals surface area (Å²) in [6, 6.07) is 24.2. The van der Waals surface area contributed by atoms with Crippen LogP contribution in [0.15, 0.2) is 78.9 Å². The van der Waals surface area contributed by atoms with E-state index in [2.05, 4.69) is 5.43 Å². The van der Waals surface area contributed by atoms with Gasteiger partial charge in [-0.05, 0) is 53.8 Å². The van der Waals surface area contributed by atoms with E-state index in [1.165, 1.54) is 5.01 Å². The highest BCUT2D eigenvalue weighted by molar-refractivity contribution is 5.81. The maximum absolute atomic E-state index is 13.0. The minimum atomic E-state index is -4.97. The van der Waals surface area contributed by atoms with Gasteiger partial charge in [-0.15, -0.1) is 0 Å². The van der Waals surface area contributed by atoms with Crippen LogP contribution < -0.4 is 14.9 Å². The molecule has 1 saturated heterocycles. The zero-order chi connectivity index (χ0) is 27.2. The Bertz CT molecular complexity index is 1140. The van der Waals surface area contributed by atoms with Crippen molar-refractivity contribution in [2.45, 2.75) is 37.1 Å². The Morgan fingerprint density at radius 3 is 1.87 bits per heavy atom. The average Bonchev–Trinajstić information content (AvgIpc) is 2.95. The molecule has 1 amide bonds. The molecule has 1 atom stereocenters. The predicted molar refractivity (Wildman–Crippen MR) is 137 cm³/mol. The molecule has 0 spiro atoms. The van der Waals surface area contributed by atoms with Crippen molar-refractivity contribution < 1.29 is 32.2 Å². The number of hydrazine groups is 1. The number of amides is 1. The Labute approximate surface area is 220 Å². The number of alkyl halides is 3. The van der Waals surface area contributed by atoms with Gasteiger partial charge in [0.25, 0.3) is 0 Å². The lowest BCUT2D eigenvalue weighted by Gasteiger charge is -2.40. The first-order valence-electron chi connectivity index (χ1n) is 12.4. The van der Waals surface area contributed by atoms with Gasteiger partial charge in [-0.1, -0.05) is 61.0 Å². The maximum Gasteiger partial charge on any atom is 0.472 e. The Kier molecular flexibility index (Phi) is 8.58. The molecule has 3 aromatic carbocycles. The second-order valence-corrected chi connectivity index (χ2v) is 9.10. The van der Waals surface area contributed by atoms with Crippen molar-refractivity contribution in [1.82, 2.24) is 10.4 Å². The molecule has 1 fully saturated rings. The highest BCUT2D eigenvalue weighted by Gasteiger charge is 2.42. The number of benzene rings is 3. The maximum atomic E-state index is 13.0. The fraction of sp³-hybridized carbons (Fsp3) is 0.345. The summed E-state index contributed by atoms with van der Waals surface area (Å²) < 4.78 is 56.5. The monoisotopic (exact) mass is 528 g/mol. The summed E-state index contributed by atoms with van der Waals surface area (Å²) >= 11 is 0. The van der Waals surface area contributed by atoms with Crippen molar-refractivity contribution in [2.24, 2.45) is 0 Å². The molecule has 3 aromatic rings. The number of hydrogen-bond acceptors (Lipinski definition) is 5. The fourth-order valence-corrected chi connectivity index (χ4v) is 4.81. The summed E-state index contributed by atoms with van der Waals surface area (Å²) in [7, 11) is 3.18. The minimum absolute atomic E-state index is 0.0745. The Morgan fingerprint density at radius 1 is 0.842 bits per heavy atom. The number of carbonyl (C=O) groups is 1. The predicted octanol–water partition coefficient (Wildman–Crippen LogP) is 5.46. The first kappa shape index (κ1) is 27.5. The topological polar surface area (TPSA) is 60.0 Å². The first-order valence-corrected chi connectivity index (χ1v) is 12.4. The number of rotatable bonds is 9.